The van der Waals surface area contributed by atoms with Crippen LogP contribution in [-0.2, 0) is 92.7 Å². The fourth-order valence-corrected chi connectivity index (χ4v) is 10.5. The monoisotopic (exact) mass is 1200 g/mol. The van der Waals surface area contributed by atoms with Crippen LogP contribution in [-0.4, -0.2) is 50.1 Å². The maximum Gasteiger partial charge on any atom is 0.258 e. The van der Waals surface area contributed by atoms with E-state index in [0.29, 0.717) is 46.0 Å². The summed E-state index contributed by atoms with van der Waals surface area (Å²) in [5, 5.41) is 11.8. The molecule has 4 N–H and O–H groups in total. The molecule has 9 rings (SSSR count). The summed E-state index contributed by atoms with van der Waals surface area (Å²) in [7, 11) is 0. The molecule has 16 nitrogen and oxygen atoms in total. The highest BCUT2D eigenvalue weighted by Gasteiger charge is 2.31. The number of furan rings is 4. The first-order valence-electron chi connectivity index (χ1n) is 30.1. The second-order valence-corrected chi connectivity index (χ2v) is 26.8. The third kappa shape index (κ3) is 16.8. The van der Waals surface area contributed by atoms with Gasteiger partial charge in [-0.15, -0.1) is 0 Å². The minimum Gasteiger partial charge on any atom is -0.483 e. The van der Waals surface area contributed by atoms with Crippen molar-refractivity contribution in [3.63, 3.8) is 0 Å². The molecular weight excluding hydrogens is 1110 g/mol. The van der Waals surface area contributed by atoms with E-state index >= 15 is 0 Å². The molecule has 0 fully saturated rings. The van der Waals surface area contributed by atoms with E-state index in [9.17, 15) is 19.2 Å². The minimum atomic E-state index is -0.392. The van der Waals surface area contributed by atoms with Gasteiger partial charge in [0.05, 0.1) is 51.2 Å². The van der Waals surface area contributed by atoms with Crippen molar-refractivity contribution in [3.8, 4) is 23.0 Å². The second-order valence-electron chi connectivity index (χ2n) is 26.8. The van der Waals surface area contributed by atoms with Crippen molar-refractivity contribution in [3.05, 3.63) is 212 Å². The van der Waals surface area contributed by atoms with Crippen LogP contribution in [0.25, 0.3) is 0 Å². The molecule has 16 heteroatoms. The Hall–Kier alpha value is -8.92. The van der Waals surface area contributed by atoms with Crippen molar-refractivity contribution in [1.82, 2.24) is 21.3 Å². The maximum absolute atomic E-state index is 14.0. The average molecular weight is 1200 g/mol. The molecule has 464 valence electrons. The molecule has 4 heterocycles. The highest BCUT2D eigenvalue weighted by atomic mass is 16.5. The van der Waals surface area contributed by atoms with E-state index < -0.39 is 21.7 Å². The number of hydrogen-bond donors (Lipinski definition) is 4. The largest absolute Gasteiger partial charge is 0.483 e. The molecule has 0 atom stereocenters. The predicted octanol–water partition coefficient (Wildman–Crippen LogP) is 12.7. The van der Waals surface area contributed by atoms with Crippen molar-refractivity contribution < 1.29 is 55.8 Å². The van der Waals surface area contributed by atoms with Crippen LogP contribution in [0, 0.1) is 0 Å². The number of fused-ring (bicyclic) bond motifs is 8. The summed E-state index contributed by atoms with van der Waals surface area (Å²) in [5.41, 5.74) is 8.61. The Labute approximate surface area is 516 Å². The Kier molecular flexibility index (Phi) is 19.5. The fourth-order valence-electron chi connectivity index (χ4n) is 10.5. The lowest BCUT2D eigenvalue weighted by molar-refractivity contribution is -0.124. The summed E-state index contributed by atoms with van der Waals surface area (Å²) in [6.07, 6.45) is 7.19. The van der Waals surface area contributed by atoms with Crippen LogP contribution in [0.1, 0.15) is 173 Å². The Morgan fingerprint density at radius 3 is 0.659 bits per heavy atom. The van der Waals surface area contributed by atoms with Crippen LogP contribution < -0.4 is 40.2 Å². The number of rotatable bonds is 20. The average Bonchev–Trinajstić information content (AvgIpc) is 1.12. The Bertz CT molecular complexity index is 3120. The molecule has 0 unspecified atom stereocenters. The van der Waals surface area contributed by atoms with Gasteiger partial charge in [-0.05, 0) is 137 Å². The molecule has 0 aliphatic heterocycles. The van der Waals surface area contributed by atoms with Crippen molar-refractivity contribution in [2.24, 2.45) is 0 Å². The molecule has 8 bridgehead atoms. The van der Waals surface area contributed by atoms with Gasteiger partial charge in [-0.25, -0.2) is 0 Å². The van der Waals surface area contributed by atoms with E-state index in [1.165, 1.54) is 0 Å². The van der Waals surface area contributed by atoms with Crippen LogP contribution >= 0.6 is 0 Å². The first-order valence-corrected chi connectivity index (χ1v) is 30.1. The first-order chi connectivity index (χ1) is 41.7. The molecule has 4 amide bonds. The van der Waals surface area contributed by atoms with Gasteiger partial charge in [0, 0.05) is 25.7 Å². The Morgan fingerprint density at radius 1 is 0.330 bits per heavy atom. The summed E-state index contributed by atoms with van der Waals surface area (Å²) in [6, 6.07) is 31.4. The number of benzene rings is 4. The van der Waals surface area contributed by atoms with Gasteiger partial charge in [-0.2, -0.15) is 0 Å². The summed E-state index contributed by atoms with van der Waals surface area (Å²) in [4.78, 5) is 55.9. The predicted molar refractivity (Wildman–Crippen MR) is 336 cm³/mol. The van der Waals surface area contributed by atoms with Crippen LogP contribution in [0.15, 0.2) is 140 Å². The fraction of sp³-hybridized carbons (Fsp3) is 0.389. The molecule has 8 aromatic rings. The zero-order valence-corrected chi connectivity index (χ0v) is 52.9. The van der Waals surface area contributed by atoms with Gasteiger partial charge in [-0.1, -0.05) is 132 Å². The minimum absolute atomic E-state index is 0.166. The van der Waals surface area contributed by atoms with Gasteiger partial charge in [0.2, 0.25) is 0 Å². The Balaban J connectivity index is 1.29. The molecule has 0 saturated carbocycles. The molecule has 0 saturated heterocycles. The van der Waals surface area contributed by atoms with E-state index in [-0.39, 0.29) is 102 Å². The van der Waals surface area contributed by atoms with Gasteiger partial charge in [-0.3, -0.25) is 19.2 Å². The molecule has 4 aromatic carbocycles. The summed E-state index contributed by atoms with van der Waals surface area (Å²) >= 11 is 0. The summed E-state index contributed by atoms with van der Waals surface area (Å²) in [5.74, 6) is 2.90. The van der Waals surface area contributed by atoms with Crippen molar-refractivity contribution in [2.45, 2.75) is 157 Å². The number of nitrogens with one attached hydrogen (secondary N) is 4. The van der Waals surface area contributed by atoms with E-state index in [1.54, 1.807) is 73.6 Å². The molecule has 1 aliphatic rings. The third-order valence-electron chi connectivity index (χ3n) is 15.5. The van der Waals surface area contributed by atoms with Crippen LogP contribution in [0.2, 0.25) is 0 Å². The van der Waals surface area contributed by atoms with Crippen molar-refractivity contribution in [2.75, 3.05) is 26.4 Å². The van der Waals surface area contributed by atoms with E-state index in [0.717, 1.165) is 66.8 Å². The van der Waals surface area contributed by atoms with E-state index in [2.05, 4.69) is 153 Å². The molecule has 0 radical (unpaired) electrons. The number of amides is 4. The molecular formula is C72H84N4O12. The molecule has 0 spiro atoms. The van der Waals surface area contributed by atoms with Crippen LogP contribution in [0.4, 0.5) is 0 Å². The third-order valence-corrected chi connectivity index (χ3v) is 15.5. The van der Waals surface area contributed by atoms with Gasteiger partial charge < -0.3 is 57.9 Å². The zero-order chi connectivity index (χ0) is 63.0. The van der Waals surface area contributed by atoms with Gasteiger partial charge in [0.25, 0.3) is 23.6 Å². The SMILES string of the molecule is CC(C)(C)c1cc2c(OCC(=O)NCc3ccco3)c(c1)Cc1cc(C(C)(C)C)cc(c1OCC(=O)NCc1ccco1)Cc1cc(C(C)(C)C)cc(c1OCC(=O)NCc1ccco1)Cc1cc(C(C)(C)C)cc(c1OCC(=O)NCc1ccco1)C2. The number of hydrogen-bond acceptors (Lipinski definition) is 12. The van der Waals surface area contributed by atoms with Crippen molar-refractivity contribution in [1.29, 1.82) is 0 Å². The number of carbonyl (C=O) groups is 4. The summed E-state index contributed by atoms with van der Waals surface area (Å²) in [6.45, 7) is 25.3. The Morgan fingerprint density at radius 2 is 0.511 bits per heavy atom. The lowest BCUT2D eigenvalue weighted by Crippen LogP contribution is -2.29. The molecule has 88 heavy (non-hydrogen) atoms. The van der Waals surface area contributed by atoms with E-state index in [1.807, 2.05) is 0 Å². The first kappa shape index (κ1) is 63.6. The van der Waals surface area contributed by atoms with E-state index in [4.69, 9.17) is 36.6 Å². The summed E-state index contributed by atoms with van der Waals surface area (Å²) < 4.78 is 49.9. The van der Waals surface area contributed by atoms with Crippen LogP contribution in [0.3, 0.4) is 0 Å². The van der Waals surface area contributed by atoms with Gasteiger partial charge in [0.15, 0.2) is 26.4 Å². The molecule has 1 aliphatic carbocycles. The maximum atomic E-state index is 14.0. The number of carbonyl (C=O) groups excluding carboxylic acids is 4. The highest BCUT2D eigenvalue weighted by molar-refractivity contribution is 5.79. The lowest BCUT2D eigenvalue weighted by atomic mass is 9.79. The van der Waals surface area contributed by atoms with Crippen LogP contribution in [0.5, 0.6) is 23.0 Å². The standard InChI is InChI=1S/C72H84N4O12/c1-69(2,3)53-29-45-25-47-31-54(70(4,5)6)33-49(66(47)86-42-62(78)74-38-58-18-14-22-82-58)27-51-35-56(72(10,11)12)36-52(68(51)88-44-64(80)76-40-60-20-16-24-84-60)28-50-34-55(71(7,8)9)32-48(67(50)87-43-63(79)75-39-59-19-15-23-83-59)26-46(30-53)65(45)85-41-61(77)73-37-57-17-13-21-81-57/h13-24,29-36H,25-28,37-44H2,1-12H3,(H,73,77)(H,74,78)(H,75,79)(H,76,80). The van der Waals surface area contributed by atoms with Gasteiger partial charge >= 0.3 is 0 Å². The van der Waals surface area contributed by atoms with Gasteiger partial charge in [0.1, 0.15) is 46.0 Å². The quantitative estimate of drug-likeness (QED) is 0.0562. The topological polar surface area (TPSA) is 206 Å². The normalized spacial score (nSPS) is 12.7. The smallest absolute Gasteiger partial charge is 0.258 e. The molecule has 4 aromatic heterocycles. The highest BCUT2D eigenvalue weighted by Crippen LogP contribution is 2.44. The second kappa shape index (κ2) is 27.0. The van der Waals surface area contributed by atoms with Crippen molar-refractivity contribution >= 4 is 23.6 Å². The number of ether oxygens (including phenoxy) is 4. The lowest BCUT2D eigenvalue weighted by Gasteiger charge is -2.29. The zero-order valence-electron chi connectivity index (χ0n) is 52.9.